The SMILES string of the molecule is CC[C@@H](C)OC(=O)[C@@H]1CCCN1C(=O)C(F)(F)F. The summed E-state index contributed by atoms with van der Waals surface area (Å²) in [7, 11) is 0. The van der Waals surface area contributed by atoms with Crippen LogP contribution in [0.3, 0.4) is 0 Å². The quantitative estimate of drug-likeness (QED) is 0.733. The topological polar surface area (TPSA) is 46.6 Å². The van der Waals surface area contributed by atoms with Gasteiger partial charge in [-0.2, -0.15) is 13.2 Å². The summed E-state index contributed by atoms with van der Waals surface area (Å²) in [5.41, 5.74) is 0. The van der Waals surface area contributed by atoms with E-state index in [1.807, 2.05) is 0 Å². The Morgan fingerprint density at radius 1 is 1.44 bits per heavy atom. The van der Waals surface area contributed by atoms with Crippen molar-refractivity contribution in [3.05, 3.63) is 0 Å². The van der Waals surface area contributed by atoms with Crippen molar-refractivity contribution in [2.45, 2.75) is 51.4 Å². The highest BCUT2D eigenvalue weighted by molar-refractivity contribution is 5.88. The van der Waals surface area contributed by atoms with Gasteiger partial charge in [0.15, 0.2) is 0 Å². The Morgan fingerprint density at radius 2 is 2.06 bits per heavy atom. The minimum atomic E-state index is -4.95. The van der Waals surface area contributed by atoms with E-state index in [0.29, 0.717) is 17.7 Å². The van der Waals surface area contributed by atoms with Crippen LogP contribution in [0.2, 0.25) is 0 Å². The molecule has 2 atom stereocenters. The molecule has 7 heteroatoms. The maximum atomic E-state index is 12.3. The molecule has 18 heavy (non-hydrogen) atoms. The zero-order valence-electron chi connectivity index (χ0n) is 10.3. The summed E-state index contributed by atoms with van der Waals surface area (Å²) in [5.74, 6) is -2.72. The van der Waals surface area contributed by atoms with E-state index in [0.717, 1.165) is 0 Å². The number of nitrogens with zero attached hydrogens (tertiary/aromatic N) is 1. The van der Waals surface area contributed by atoms with Crippen molar-refractivity contribution in [3.63, 3.8) is 0 Å². The van der Waals surface area contributed by atoms with Crippen LogP contribution in [0.1, 0.15) is 33.1 Å². The average molecular weight is 267 g/mol. The smallest absolute Gasteiger partial charge is 0.461 e. The summed E-state index contributed by atoms with van der Waals surface area (Å²) in [4.78, 5) is 23.4. The molecule has 1 amide bonds. The minimum absolute atomic E-state index is 0.0569. The Balaban J connectivity index is 2.71. The molecule has 1 saturated heterocycles. The molecule has 1 aliphatic rings. The van der Waals surface area contributed by atoms with E-state index < -0.39 is 24.1 Å². The van der Waals surface area contributed by atoms with Gasteiger partial charge in [0.2, 0.25) is 0 Å². The van der Waals surface area contributed by atoms with E-state index in [4.69, 9.17) is 4.74 Å². The molecule has 0 unspecified atom stereocenters. The molecule has 1 heterocycles. The lowest BCUT2D eigenvalue weighted by molar-refractivity contribution is -0.189. The van der Waals surface area contributed by atoms with Gasteiger partial charge >= 0.3 is 18.1 Å². The average Bonchev–Trinajstić information content (AvgIpc) is 2.75. The zero-order valence-corrected chi connectivity index (χ0v) is 10.3. The second-order valence-electron chi connectivity index (χ2n) is 4.31. The van der Waals surface area contributed by atoms with Gasteiger partial charge in [-0.25, -0.2) is 4.79 Å². The van der Waals surface area contributed by atoms with Crippen LogP contribution >= 0.6 is 0 Å². The van der Waals surface area contributed by atoms with Crippen LogP contribution < -0.4 is 0 Å². The maximum Gasteiger partial charge on any atom is 0.471 e. The molecule has 0 spiro atoms. The van der Waals surface area contributed by atoms with Gasteiger partial charge in [0, 0.05) is 6.54 Å². The molecule has 0 aliphatic carbocycles. The number of amides is 1. The molecule has 0 saturated carbocycles. The zero-order chi connectivity index (χ0) is 13.9. The van der Waals surface area contributed by atoms with Gasteiger partial charge in [0.25, 0.3) is 0 Å². The first-order valence-corrected chi connectivity index (χ1v) is 5.85. The van der Waals surface area contributed by atoms with Crippen LogP contribution in [0, 0.1) is 0 Å². The molecule has 0 aromatic rings. The van der Waals surface area contributed by atoms with Crippen LogP contribution in [-0.4, -0.2) is 41.6 Å². The van der Waals surface area contributed by atoms with Gasteiger partial charge in [-0.05, 0) is 26.2 Å². The molecular formula is C11H16F3NO3. The molecule has 104 valence electrons. The summed E-state index contributed by atoms with van der Waals surface area (Å²) < 4.78 is 41.9. The summed E-state index contributed by atoms with van der Waals surface area (Å²) in [6.45, 7) is 3.40. The van der Waals surface area contributed by atoms with Crippen LogP contribution in [0.15, 0.2) is 0 Å². The van der Waals surface area contributed by atoms with Crippen molar-refractivity contribution >= 4 is 11.9 Å². The number of hydrogen-bond donors (Lipinski definition) is 0. The Morgan fingerprint density at radius 3 is 2.56 bits per heavy atom. The lowest BCUT2D eigenvalue weighted by Gasteiger charge is -2.25. The lowest BCUT2D eigenvalue weighted by atomic mass is 10.2. The highest BCUT2D eigenvalue weighted by Gasteiger charge is 2.48. The van der Waals surface area contributed by atoms with E-state index in [1.165, 1.54) is 0 Å². The van der Waals surface area contributed by atoms with Crippen LogP contribution in [0.5, 0.6) is 0 Å². The van der Waals surface area contributed by atoms with Crippen molar-refractivity contribution in [2.24, 2.45) is 0 Å². The Bertz CT molecular complexity index is 330. The molecule has 1 fully saturated rings. The van der Waals surface area contributed by atoms with Gasteiger partial charge < -0.3 is 9.64 Å². The summed E-state index contributed by atoms with van der Waals surface area (Å²) in [5, 5.41) is 0. The number of ether oxygens (including phenoxy) is 1. The fraction of sp³-hybridized carbons (Fsp3) is 0.818. The number of hydrogen-bond acceptors (Lipinski definition) is 3. The largest absolute Gasteiger partial charge is 0.471 e. The first-order chi connectivity index (χ1) is 8.27. The third kappa shape index (κ3) is 3.36. The second-order valence-corrected chi connectivity index (χ2v) is 4.31. The van der Waals surface area contributed by atoms with Crippen molar-refractivity contribution in [1.82, 2.24) is 4.90 Å². The maximum absolute atomic E-state index is 12.3. The number of carbonyl (C=O) groups excluding carboxylic acids is 2. The van der Waals surface area contributed by atoms with Crippen molar-refractivity contribution in [1.29, 1.82) is 0 Å². The Hall–Kier alpha value is -1.27. The van der Waals surface area contributed by atoms with E-state index in [9.17, 15) is 22.8 Å². The summed E-state index contributed by atoms with van der Waals surface area (Å²) in [6, 6.07) is -1.10. The molecule has 0 radical (unpaired) electrons. The van der Waals surface area contributed by atoms with Gasteiger partial charge in [-0.3, -0.25) is 4.79 Å². The van der Waals surface area contributed by atoms with E-state index in [-0.39, 0.29) is 19.1 Å². The van der Waals surface area contributed by atoms with Crippen LogP contribution in [0.25, 0.3) is 0 Å². The predicted octanol–water partition coefficient (Wildman–Crippen LogP) is 1.88. The van der Waals surface area contributed by atoms with E-state index in [1.54, 1.807) is 13.8 Å². The fourth-order valence-electron chi connectivity index (χ4n) is 1.78. The number of alkyl halides is 3. The molecule has 1 rings (SSSR count). The fourth-order valence-corrected chi connectivity index (χ4v) is 1.78. The van der Waals surface area contributed by atoms with Crippen molar-refractivity contribution in [3.8, 4) is 0 Å². The van der Waals surface area contributed by atoms with Gasteiger partial charge in [0.05, 0.1) is 6.10 Å². The van der Waals surface area contributed by atoms with Gasteiger partial charge in [0.1, 0.15) is 6.04 Å². The first-order valence-electron chi connectivity index (χ1n) is 5.85. The highest BCUT2D eigenvalue weighted by atomic mass is 19.4. The predicted molar refractivity (Wildman–Crippen MR) is 56.6 cm³/mol. The van der Waals surface area contributed by atoms with E-state index >= 15 is 0 Å². The molecule has 0 aromatic heterocycles. The minimum Gasteiger partial charge on any atom is -0.461 e. The molecule has 0 bridgehead atoms. The van der Waals surface area contributed by atoms with Crippen molar-refractivity contribution in [2.75, 3.05) is 6.54 Å². The van der Waals surface area contributed by atoms with Crippen LogP contribution in [0.4, 0.5) is 13.2 Å². The monoisotopic (exact) mass is 267 g/mol. The Kier molecular flexibility index (Phi) is 4.59. The number of carbonyl (C=O) groups is 2. The first kappa shape index (κ1) is 14.8. The number of rotatable bonds is 3. The lowest BCUT2D eigenvalue weighted by Crippen LogP contribution is -2.47. The number of halogens is 3. The highest BCUT2D eigenvalue weighted by Crippen LogP contribution is 2.26. The number of esters is 1. The Labute approximate surface area is 103 Å². The van der Waals surface area contributed by atoms with Crippen LogP contribution in [-0.2, 0) is 14.3 Å². The summed E-state index contributed by atoms with van der Waals surface area (Å²) >= 11 is 0. The molecule has 0 N–H and O–H groups in total. The molecule has 4 nitrogen and oxygen atoms in total. The molecular weight excluding hydrogens is 251 g/mol. The van der Waals surface area contributed by atoms with Crippen molar-refractivity contribution < 1.29 is 27.5 Å². The molecule has 0 aromatic carbocycles. The summed E-state index contributed by atoms with van der Waals surface area (Å²) in [6.07, 6.45) is -4.13. The molecule has 1 aliphatic heterocycles. The third-order valence-electron chi connectivity index (χ3n) is 2.92. The second kappa shape index (κ2) is 5.58. The normalized spacial score (nSPS) is 21.8. The van der Waals surface area contributed by atoms with Gasteiger partial charge in [-0.15, -0.1) is 0 Å². The van der Waals surface area contributed by atoms with E-state index in [2.05, 4.69) is 0 Å². The third-order valence-corrected chi connectivity index (χ3v) is 2.92. The standard InChI is InChI=1S/C11H16F3NO3/c1-3-7(2)18-9(16)8-5-4-6-15(8)10(17)11(12,13)14/h7-8H,3-6H2,1-2H3/t7-,8+/m1/s1. The van der Waals surface area contributed by atoms with Gasteiger partial charge in [-0.1, -0.05) is 6.92 Å². The number of likely N-dealkylation sites (tertiary alicyclic amines) is 1.